The van der Waals surface area contributed by atoms with Gasteiger partial charge in [-0.25, -0.2) is 4.79 Å². The van der Waals surface area contributed by atoms with E-state index < -0.39 is 5.97 Å². The monoisotopic (exact) mass is 228 g/mol. The number of carbonyl (C=O) groups excluding carboxylic acids is 1. The Morgan fingerprint density at radius 2 is 1.88 bits per heavy atom. The topological polar surface area (TPSA) is 46.5 Å². The summed E-state index contributed by atoms with van der Waals surface area (Å²) in [5, 5.41) is 8.63. The summed E-state index contributed by atoms with van der Waals surface area (Å²) < 4.78 is 4.92. The zero-order chi connectivity index (χ0) is 12.4. The third kappa shape index (κ3) is 8.48. The normalized spacial score (nSPS) is 10.5. The van der Waals surface area contributed by atoms with E-state index in [2.05, 4.69) is 20.4 Å². The van der Waals surface area contributed by atoms with Crippen molar-refractivity contribution in [1.29, 1.82) is 0 Å². The van der Waals surface area contributed by atoms with Crippen molar-refractivity contribution in [2.45, 2.75) is 46.0 Å². The van der Waals surface area contributed by atoms with Gasteiger partial charge in [-0.1, -0.05) is 46.1 Å². The van der Waals surface area contributed by atoms with Crippen molar-refractivity contribution in [1.82, 2.24) is 0 Å². The highest BCUT2D eigenvalue weighted by Gasteiger charge is 2.05. The fourth-order valence-corrected chi connectivity index (χ4v) is 1.34. The Hall–Kier alpha value is -0.830. The average molecular weight is 228 g/mol. The van der Waals surface area contributed by atoms with Gasteiger partial charge in [0, 0.05) is 0 Å². The Balaban J connectivity index is 3.27. The first-order chi connectivity index (χ1) is 7.57. The van der Waals surface area contributed by atoms with Crippen LogP contribution in [0.1, 0.15) is 46.0 Å². The van der Waals surface area contributed by atoms with Crippen LogP contribution in [0.25, 0.3) is 0 Å². The maximum absolute atomic E-state index is 11.1. The van der Waals surface area contributed by atoms with Crippen molar-refractivity contribution in [3.8, 4) is 0 Å². The van der Waals surface area contributed by atoms with Crippen molar-refractivity contribution < 1.29 is 14.6 Å². The van der Waals surface area contributed by atoms with E-state index in [1.165, 1.54) is 19.3 Å². The first-order valence-electron chi connectivity index (χ1n) is 6.03. The van der Waals surface area contributed by atoms with Gasteiger partial charge in [0.15, 0.2) is 0 Å². The molecular weight excluding hydrogens is 204 g/mol. The van der Waals surface area contributed by atoms with Crippen molar-refractivity contribution in [2.24, 2.45) is 5.92 Å². The Labute approximate surface area is 98.5 Å². The number of aliphatic hydroxyl groups excluding tert-OH is 1. The molecule has 0 aliphatic heterocycles. The molecule has 0 aromatic rings. The summed E-state index contributed by atoms with van der Waals surface area (Å²) >= 11 is 0. The van der Waals surface area contributed by atoms with Crippen molar-refractivity contribution in [3.05, 3.63) is 12.2 Å². The molecule has 0 amide bonds. The SMILES string of the molecule is C=C(CO)C(=O)OCCCCCCC(C)C. The Bertz CT molecular complexity index is 209. The minimum absolute atomic E-state index is 0.125. The summed E-state index contributed by atoms with van der Waals surface area (Å²) in [5.41, 5.74) is 0.125. The molecule has 94 valence electrons. The van der Waals surface area contributed by atoms with E-state index in [4.69, 9.17) is 9.84 Å². The minimum Gasteiger partial charge on any atom is -0.462 e. The molecule has 0 radical (unpaired) electrons. The van der Waals surface area contributed by atoms with Crippen LogP contribution in [0.5, 0.6) is 0 Å². The molecule has 0 saturated heterocycles. The molecule has 0 aliphatic carbocycles. The smallest absolute Gasteiger partial charge is 0.335 e. The lowest BCUT2D eigenvalue weighted by Crippen LogP contribution is -2.10. The maximum atomic E-state index is 11.1. The molecule has 3 nitrogen and oxygen atoms in total. The van der Waals surface area contributed by atoms with Gasteiger partial charge in [0.2, 0.25) is 0 Å². The molecule has 0 spiro atoms. The van der Waals surface area contributed by atoms with E-state index in [9.17, 15) is 4.79 Å². The standard InChI is InChI=1S/C13H24O3/c1-11(2)8-6-4-5-7-9-16-13(15)12(3)10-14/h11,14H,3-10H2,1-2H3. The number of aliphatic hydroxyl groups is 1. The molecule has 0 saturated carbocycles. The minimum atomic E-state index is -0.482. The third-order valence-electron chi connectivity index (χ3n) is 2.39. The van der Waals surface area contributed by atoms with Gasteiger partial charge in [-0.15, -0.1) is 0 Å². The maximum Gasteiger partial charge on any atom is 0.335 e. The lowest BCUT2D eigenvalue weighted by atomic mass is 10.0. The quantitative estimate of drug-likeness (QED) is 0.375. The number of rotatable bonds is 9. The highest BCUT2D eigenvalue weighted by atomic mass is 16.5. The predicted molar refractivity (Wildman–Crippen MR) is 65.1 cm³/mol. The fourth-order valence-electron chi connectivity index (χ4n) is 1.34. The molecular formula is C13H24O3. The van der Waals surface area contributed by atoms with Gasteiger partial charge in [-0.2, -0.15) is 0 Å². The number of ether oxygens (including phenoxy) is 1. The molecule has 1 N–H and O–H groups in total. The van der Waals surface area contributed by atoms with Crippen LogP contribution in [-0.2, 0) is 9.53 Å². The molecule has 0 atom stereocenters. The van der Waals surface area contributed by atoms with Crippen LogP contribution in [0, 0.1) is 5.92 Å². The van der Waals surface area contributed by atoms with E-state index in [0.717, 1.165) is 18.8 Å². The largest absolute Gasteiger partial charge is 0.462 e. The van der Waals surface area contributed by atoms with Crippen LogP contribution in [0.3, 0.4) is 0 Å². The second-order valence-corrected chi connectivity index (χ2v) is 4.49. The summed E-state index contributed by atoms with van der Waals surface area (Å²) in [4.78, 5) is 11.1. The zero-order valence-electron chi connectivity index (χ0n) is 10.5. The average Bonchev–Trinajstić information content (AvgIpc) is 2.25. The Kier molecular flexibility index (Phi) is 8.91. The van der Waals surface area contributed by atoms with Crippen molar-refractivity contribution in [3.63, 3.8) is 0 Å². The molecule has 0 heterocycles. The van der Waals surface area contributed by atoms with Crippen LogP contribution in [0.4, 0.5) is 0 Å². The second kappa shape index (κ2) is 9.40. The highest BCUT2D eigenvalue weighted by Crippen LogP contribution is 2.09. The molecule has 3 heteroatoms. The second-order valence-electron chi connectivity index (χ2n) is 4.49. The number of hydrogen-bond donors (Lipinski definition) is 1. The molecule has 0 aromatic carbocycles. The predicted octanol–water partition coefficient (Wildman–Crippen LogP) is 2.68. The van der Waals surface area contributed by atoms with Gasteiger partial charge >= 0.3 is 5.97 Å². The fraction of sp³-hybridized carbons (Fsp3) is 0.769. The highest BCUT2D eigenvalue weighted by molar-refractivity contribution is 5.87. The van der Waals surface area contributed by atoms with Gasteiger partial charge in [-0.3, -0.25) is 0 Å². The van der Waals surface area contributed by atoms with E-state index >= 15 is 0 Å². The first kappa shape index (κ1) is 15.2. The van der Waals surface area contributed by atoms with Crippen LogP contribution in [0.2, 0.25) is 0 Å². The van der Waals surface area contributed by atoms with Crippen LogP contribution in [0.15, 0.2) is 12.2 Å². The van der Waals surface area contributed by atoms with E-state index in [-0.39, 0.29) is 12.2 Å². The molecule has 0 aliphatic rings. The summed E-state index contributed by atoms with van der Waals surface area (Å²) in [5.74, 6) is 0.287. The zero-order valence-corrected chi connectivity index (χ0v) is 10.5. The molecule has 0 unspecified atom stereocenters. The third-order valence-corrected chi connectivity index (χ3v) is 2.39. The number of unbranched alkanes of at least 4 members (excludes halogenated alkanes) is 3. The molecule has 0 fully saturated rings. The van der Waals surface area contributed by atoms with Gasteiger partial charge in [0.25, 0.3) is 0 Å². The Morgan fingerprint density at radius 1 is 1.25 bits per heavy atom. The summed E-state index contributed by atoms with van der Waals surface area (Å²) in [6.45, 7) is 7.95. The van der Waals surface area contributed by atoms with Crippen molar-refractivity contribution in [2.75, 3.05) is 13.2 Å². The first-order valence-corrected chi connectivity index (χ1v) is 6.03. The van der Waals surface area contributed by atoms with Gasteiger partial charge in [0.05, 0.1) is 18.8 Å². The number of esters is 1. The molecule has 0 aromatic heterocycles. The molecule has 16 heavy (non-hydrogen) atoms. The van der Waals surface area contributed by atoms with Gasteiger partial charge < -0.3 is 9.84 Å². The summed E-state index contributed by atoms with van der Waals surface area (Å²) in [6, 6.07) is 0. The van der Waals surface area contributed by atoms with E-state index in [1.807, 2.05) is 0 Å². The lowest BCUT2D eigenvalue weighted by Gasteiger charge is -2.06. The van der Waals surface area contributed by atoms with Crippen LogP contribution < -0.4 is 0 Å². The molecule has 0 rings (SSSR count). The Morgan fingerprint density at radius 3 is 2.44 bits per heavy atom. The van der Waals surface area contributed by atoms with E-state index in [1.54, 1.807) is 0 Å². The summed E-state index contributed by atoms with van der Waals surface area (Å²) in [7, 11) is 0. The van der Waals surface area contributed by atoms with Crippen LogP contribution >= 0.6 is 0 Å². The lowest BCUT2D eigenvalue weighted by molar-refractivity contribution is -0.139. The van der Waals surface area contributed by atoms with Crippen LogP contribution in [-0.4, -0.2) is 24.3 Å². The molecule has 0 bridgehead atoms. The summed E-state index contributed by atoms with van der Waals surface area (Å²) in [6.07, 6.45) is 5.68. The van der Waals surface area contributed by atoms with E-state index in [0.29, 0.717) is 6.61 Å². The van der Waals surface area contributed by atoms with Gasteiger partial charge in [0.1, 0.15) is 0 Å². The number of carbonyl (C=O) groups is 1. The van der Waals surface area contributed by atoms with Crippen molar-refractivity contribution >= 4 is 5.97 Å². The number of hydrogen-bond acceptors (Lipinski definition) is 3. The van der Waals surface area contributed by atoms with Gasteiger partial charge in [-0.05, 0) is 12.3 Å².